The summed E-state index contributed by atoms with van der Waals surface area (Å²) in [6.07, 6.45) is 0. The molecule has 96 valence electrons. The highest BCUT2D eigenvalue weighted by Gasteiger charge is 2.22. The molecule has 0 aliphatic heterocycles. The van der Waals surface area contributed by atoms with E-state index in [2.05, 4.69) is 0 Å². The van der Waals surface area contributed by atoms with Gasteiger partial charge in [0.2, 0.25) is 0 Å². The Morgan fingerprint density at radius 2 is 1.65 bits per heavy atom. The first-order valence-electron chi connectivity index (χ1n) is 5.97. The van der Waals surface area contributed by atoms with Gasteiger partial charge in [0.25, 0.3) is 0 Å². The quantitative estimate of drug-likeness (QED) is 0.641. The third kappa shape index (κ3) is 4.09. The molecule has 0 aromatic heterocycles. The number of aliphatic hydroxyl groups excluding tert-OH is 2. The number of rotatable bonds is 7. The van der Waals surface area contributed by atoms with Gasteiger partial charge in [0, 0.05) is 25.2 Å². The number of benzene rings is 1. The largest absolute Gasteiger partial charge is 0.395 e. The second kappa shape index (κ2) is 7.40. The minimum absolute atomic E-state index is 0.0236. The van der Waals surface area contributed by atoms with Crippen LogP contribution in [0.3, 0.4) is 0 Å². The fourth-order valence-electron chi connectivity index (χ4n) is 2.14. The maximum Gasteiger partial charge on any atom is 0.0558 e. The standard InChI is InChI=1S/C13H22N2O2/c1-11(14)13(12-5-3-2-4-6-12)15(7-9-16)8-10-17/h2-6,11,13,16-17H,7-10,14H2,1H3. The van der Waals surface area contributed by atoms with Crippen molar-refractivity contribution in [2.45, 2.75) is 19.0 Å². The lowest BCUT2D eigenvalue weighted by Gasteiger charge is -2.33. The smallest absolute Gasteiger partial charge is 0.0558 e. The summed E-state index contributed by atoms with van der Waals surface area (Å²) in [4.78, 5) is 2.01. The molecule has 0 spiro atoms. The van der Waals surface area contributed by atoms with Crippen LogP contribution >= 0.6 is 0 Å². The Morgan fingerprint density at radius 1 is 1.12 bits per heavy atom. The maximum atomic E-state index is 9.08. The Hall–Kier alpha value is -0.940. The summed E-state index contributed by atoms with van der Waals surface area (Å²) in [5.74, 6) is 0. The van der Waals surface area contributed by atoms with Crippen molar-refractivity contribution in [1.29, 1.82) is 0 Å². The van der Waals surface area contributed by atoms with Crippen molar-refractivity contribution >= 4 is 0 Å². The number of nitrogens with two attached hydrogens (primary N) is 1. The Bertz CT molecular complexity index is 298. The third-order valence-corrected chi connectivity index (χ3v) is 2.81. The van der Waals surface area contributed by atoms with E-state index in [-0.39, 0.29) is 25.3 Å². The fraction of sp³-hybridized carbons (Fsp3) is 0.538. The van der Waals surface area contributed by atoms with Crippen LogP contribution < -0.4 is 5.73 Å². The van der Waals surface area contributed by atoms with Gasteiger partial charge in [-0.15, -0.1) is 0 Å². The van der Waals surface area contributed by atoms with Gasteiger partial charge < -0.3 is 15.9 Å². The average Bonchev–Trinajstić information content (AvgIpc) is 2.31. The molecular weight excluding hydrogens is 216 g/mol. The SMILES string of the molecule is CC(N)C(c1ccccc1)N(CCO)CCO. The van der Waals surface area contributed by atoms with Gasteiger partial charge >= 0.3 is 0 Å². The molecule has 1 rings (SSSR count). The summed E-state index contributed by atoms with van der Waals surface area (Å²) < 4.78 is 0. The van der Waals surface area contributed by atoms with Gasteiger partial charge in [0.1, 0.15) is 0 Å². The average molecular weight is 238 g/mol. The van der Waals surface area contributed by atoms with Crippen LogP contribution in [0.1, 0.15) is 18.5 Å². The van der Waals surface area contributed by atoms with E-state index >= 15 is 0 Å². The molecule has 1 aromatic rings. The molecule has 0 saturated carbocycles. The van der Waals surface area contributed by atoms with E-state index in [1.54, 1.807) is 0 Å². The second-order valence-electron chi connectivity index (χ2n) is 4.20. The van der Waals surface area contributed by atoms with Gasteiger partial charge in [-0.25, -0.2) is 0 Å². The molecule has 4 N–H and O–H groups in total. The van der Waals surface area contributed by atoms with Crippen molar-refractivity contribution in [1.82, 2.24) is 4.90 Å². The van der Waals surface area contributed by atoms with Gasteiger partial charge in [-0.1, -0.05) is 30.3 Å². The lowest BCUT2D eigenvalue weighted by atomic mass is 9.99. The van der Waals surface area contributed by atoms with E-state index in [0.717, 1.165) is 5.56 Å². The normalized spacial score (nSPS) is 14.9. The molecular formula is C13H22N2O2. The third-order valence-electron chi connectivity index (χ3n) is 2.81. The van der Waals surface area contributed by atoms with Gasteiger partial charge in [0.05, 0.1) is 13.2 Å². The molecule has 0 aliphatic rings. The molecule has 0 radical (unpaired) electrons. The zero-order valence-electron chi connectivity index (χ0n) is 10.3. The number of hydrogen-bond acceptors (Lipinski definition) is 4. The fourth-order valence-corrected chi connectivity index (χ4v) is 2.14. The summed E-state index contributed by atoms with van der Waals surface area (Å²) in [5.41, 5.74) is 7.14. The van der Waals surface area contributed by atoms with Gasteiger partial charge in [-0.3, -0.25) is 4.90 Å². The van der Waals surface area contributed by atoms with Crippen molar-refractivity contribution in [2.75, 3.05) is 26.3 Å². The van der Waals surface area contributed by atoms with Crippen LogP contribution in [0.15, 0.2) is 30.3 Å². The molecule has 1 aromatic carbocycles. The summed E-state index contributed by atoms with van der Waals surface area (Å²) in [7, 11) is 0. The van der Waals surface area contributed by atoms with E-state index in [1.807, 2.05) is 42.2 Å². The molecule has 0 amide bonds. The van der Waals surface area contributed by atoms with Crippen LogP contribution in [-0.2, 0) is 0 Å². The van der Waals surface area contributed by atoms with Crippen molar-refractivity contribution in [3.8, 4) is 0 Å². The lowest BCUT2D eigenvalue weighted by Crippen LogP contribution is -2.42. The first-order valence-corrected chi connectivity index (χ1v) is 5.97. The lowest BCUT2D eigenvalue weighted by molar-refractivity contribution is 0.111. The zero-order valence-corrected chi connectivity index (χ0v) is 10.3. The Kier molecular flexibility index (Phi) is 6.15. The minimum Gasteiger partial charge on any atom is -0.395 e. The predicted molar refractivity (Wildman–Crippen MR) is 68.6 cm³/mol. The van der Waals surface area contributed by atoms with Crippen LogP contribution in [0.25, 0.3) is 0 Å². The maximum absolute atomic E-state index is 9.08. The van der Waals surface area contributed by atoms with Gasteiger partial charge in [0.15, 0.2) is 0 Å². The number of aliphatic hydroxyl groups is 2. The van der Waals surface area contributed by atoms with Crippen molar-refractivity contribution in [3.05, 3.63) is 35.9 Å². The highest BCUT2D eigenvalue weighted by atomic mass is 16.3. The van der Waals surface area contributed by atoms with Crippen LogP contribution in [0.5, 0.6) is 0 Å². The van der Waals surface area contributed by atoms with E-state index < -0.39 is 0 Å². The topological polar surface area (TPSA) is 69.7 Å². The first-order chi connectivity index (χ1) is 8.20. The van der Waals surface area contributed by atoms with E-state index in [9.17, 15) is 0 Å². The summed E-state index contributed by atoms with van der Waals surface area (Å²) in [5, 5.41) is 18.2. The summed E-state index contributed by atoms with van der Waals surface area (Å²) in [6, 6.07) is 9.92. The molecule has 0 fully saturated rings. The Morgan fingerprint density at radius 3 is 2.06 bits per heavy atom. The van der Waals surface area contributed by atoms with Gasteiger partial charge in [-0.05, 0) is 12.5 Å². The molecule has 4 heteroatoms. The predicted octanol–water partition coefficient (Wildman–Crippen LogP) is 0.361. The van der Waals surface area contributed by atoms with Crippen LogP contribution in [0, 0.1) is 0 Å². The zero-order chi connectivity index (χ0) is 12.7. The van der Waals surface area contributed by atoms with Crippen LogP contribution in [0.4, 0.5) is 0 Å². The van der Waals surface area contributed by atoms with Crippen LogP contribution in [-0.4, -0.2) is 47.5 Å². The molecule has 0 heterocycles. The van der Waals surface area contributed by atoms with Crippen molar-refractivity contribution in [2.24, 2.45) is 5.73 Å². The van der Waals surface area contributed by atoms with E-state index in [4.69, 9.17) is 15.9 Å². The van der Waals surface area contributed by atoms with Crippen molar-refractivity contribution in [3.63, 3.8) is 0 Å². The molecule has 2 unspecified atom stereocenters. The van der Waals surface area contributed by atoms with Crippen LogP contribution in [0.2, 0.25) is 0 Å². The number of hydrogen-bond donors (Lipinski definition) is 3. The molecule has 0 aliphatic carbocycles. The number of nitrogens with zero attached hydrogens (tertiary/aromatic N) is 1. The summed E-state index contributed by atoms with van der Waals surface area (Å²) >= 11 is 0. The molecule has 2 atom stereocenters. The Balaban J connectivity index is 2.90. The molecule has 4 nitrogen and oxygen atoms in total. The highest BCUT2D eigenvalue weighted by Crippen LogP contribution is 2.22. The monoisotopic (exact) mass is 238 g/mol. The van der Waals surface area contributed by atoms with E-state index in [0.29, 0.717) is 13.1 Å². The highest BCUT2D eigenvalue weighted by molar-refractivity contribution is 5.20. The Labute approximate surface area is 103 Å². The molecule has 0 saturated heterocycles. The van der Waals surface area contributed by atoms with Crippen molar-refractivity contribution < 1.29 is 10.2 Å². The van der Waals surface area contributed by atoms with Gasteiger partial charge in [-0.2, -0.15) is 0 Å². The minimum atomic E-state index is -0.0597. The second-order valence-corrected chi connectivity index (χ2v) is 4.20. The summed E-state index contributed by atoms with van der Waals surface area (Å²) in [6.45, 7) is 3.11. The van der Waals surface area contributed by atoms with E-state index in [1.165, 1.54) is 0 Å². The first kappa shape index (κ1) is 14.1. The molecule has 0 bridgehead atoms. The molecule has 17 heavy (non-hydrogen) atoms.